The molecular formula is C61H109NO21. The molecule has 0 saturated carbocycles. The number of nitrogens with two attached hydrogens (primary N) is 1. The average molecular weight is 1190 g/mol. The van der Waals surface area contributed by atoms with Crippen LogP contribution in [-0.4, -0.2) is 228 Å². The van der Waals surface area contributed by atoms with Gasteiger partial charge < -0.3 is 107 Å². The lowest BCUT2D eigenvalue weighted by Crippen LogP contribution is -2.60. The quantitative estimate of drug-likeness (QED) is 0.116. The molecule has 0 radical (unpaired) electrons. The van der Waals surface area contributed by atoms with Crippen molar-refractivity contribution in [2.24, 2.45) is 47.2 Å². The van der Waals surface area contributed by atoms with Gasteiger partial charge in [-0.2, -0.15) is 0 Å². The summed E-state index contributed by atoms with van der Waals surface area (Å²) in [4.78, 5) is 13.4. The van der Waals surface area contributed by atoms with Gasteiger partial charge in [-0.05, 0) is 89.7 Å². The van der Waals surface area contributed by atoms with Crippen molar-refractivity contribution in [1.82, 2.24) is 0 Å². The highest BCUT2D eigenvalue weighted by atomic mass is 16.7. The van der Waals surface area contributed by atoms with Crippen LogP contribution in [0, 0.1) is 41.4 Å². The standard InChI is InChI=1S/C61H109NO21/c1-32-15-10-11-19-47(70)38(7)55(75)33(2)16-12-17-35(4)60(80)81-51(37(6)46(69)20-14-24-62)21-13-18-41(64)26-42(65)28-48(71)39(8)56(76)40(9)49(72)29-43(66)27-44(67)30-50(73)52(25-36(5)54(74)34(3)22-23-45(32)68)82-61-59(79)58(78)57(77)53(31-63)83-61/h10,13,15,17-18,22-23,25,32-34,37-59,61,63-79H,11-12,14,16,19-21,24,26-31,62H2,1-9H3. The highest BCUT2D eigenvalue weighted by molar-refractivity contribution is 5.87. The van der Waals surface area contributed by atoms with Crippen molar-refractivity contribution in [2.75, 3.05) is 13.2 Å². The number of aliphatic hydroxyl groups excluding tert-OH is 17. The molecule has 2 rings (SSSR count). The minimum Gasteiger partial charge on any atom is -0.458 e. The van der Waals surface area contributed by atoms with Crippen LogP contribution in [0.2, 0.25) is 0 Å². The molecule has 19 N–H and O–H groups in total. The highest BCUT2D eigenvalue weighted by Gasteiger charge is 2.46. The molecule has 0 bridgehead atoms. The number of hydrogen-bond acceptors (Lipinski definition) is 22. The molecule has 484 valence electrons. The lowest BCUT2D eigenvalue weighted by Gasteiger charge is -2.41. The van der Waals surface area contributed by atoms with Crippen LogP contribution < -0.4 is 5.73 Å². The van der Waals surface area contributed by atoms with Crippen molar-refractivity contribution < 1.29 is 106 Å². The van der Waals surface area contributed by atoms with Gasteiger partial charge in [-0.1, -0.05) is 97.1 Å². The molecule has 0 aliphatic carbocycles. The summed E-state index contributed by atoms with van der Waals surface area (Å²) >= 11 is 0. The zero-order valence-corrected chi connectivity index (χ0v) is 50.4. The third-order valence-corrected chi connectivity index (χ3v) is 17.0. The molecule has 1 saturated heterocycles. The summed E-state index contributed by atoms with van der Waals surface area (Å²) in [6.07, 6.45) is -13.2. The van der Waals surface area contributed by atoms with Gasteiger partial charge in [0.05, 0.1) is 86.0 Å². The van der Waals surface area contributed by atoms with Gasteiger partial charge >= 0.3 is 5.97 Å². The van der Waals surface area contributed by atoms with Crippen LogP contribution in [0.3, 0.4) is 0 Å². The normalized spacial score (nSPS) is 41.8. The molecule has 22 heteroatoms. The molecule has 0 amide bonds. The van der Waals surface area contributed by atoms with E-state index in [-0.39, 0.29) is 37.2 Å². The minimum atomic E-state index is -1.88. The zero-order valence-electron chi connectivity index (χ0n) is 50.4. The smallest absolute Gasteiger partial charge is 0.333 e. The molecule has 1 fully saturated rings. The van der Waals surface area contributed by atoms with Crippen molar-refractivity contribution in [3.05, 3.63) is 59.8 Å². The first kappa shape index (κ1) is 76.5. The fraction of sp³-hybridized carbons (Fsp3) is 0.820. The third-order valence-electron chi connectivity index (χ3n) is 17.0. The molecule has 83 heavy (non-hydrogen) atoms. The maximum absolute atomic E-state index is 13.4. The fourth-order valence-corrected chi connectivity index (χ4v) is 10.5. The van der Waals surface area contributed by atoms with E-state index in [2.05, 4.69) is 0 Å². The predicted octanol–water partition coefficient (Wildman–Crippen LogP) is 0.442. The van der Waals surface area contributed by atoms with Gasteiger partial charge in [-0.15, -0.1) is 0 Å². The number of rotatable bonds is 8. The molecule has 0 aromatic heterocycles. The lowest BCUT2D eigenvalue weighted by atomic mass is 9.82. The maximum Gasteiger partial charge on any atom is 0.333 e. The first-order valence-electron chi connectivity index (χ1n) is 29.9. The lowest BCUT2D eigenvalue weighted by molar-refractivity contribution is -0.313. The molecule has 2 heterocycles. The summed E-state index contributed by atoms with van der Waals surface area (Å²) in [5, 5.41) is 186. The van der Waals surface area contributed by atoms with Crippen LogP contribution in [-0.2, 0) is 19.0 Å². The van der Waals surface area contributed by atoms with Crippen LogP contribution in [0.25, 0.3) is 0 Å². The summed E-state index contributed by atoms with van der Waals surface area (Å²) < 4.78 is 17.4. The molecule has 27 unspecified atom stereocenters. The van der Waals surface area contributed by atoms with Gasteiger partial charge in [0.25, 0.3) is 0 Å². The van der Waals surface area contributed by atoms with E-state index >= 15 is 0 Å². The Kier molecular flexibility index (Phi) is 35.6. The monoisotopic (exact) mass is 1190 g/mol. The molecule has 2 aliphatic rings. The second-order valence-electron chi connectivity index (χ2n) is 24.2. The Labute approximate surface area is 492 Å². The summed E-state index contributed by atoms with van der Waals surface area (Å²) in [6, 6.07) is 0. The fourth-order valence-electron chi connectivity index (χ4n) is 10.5. The number of hydrogen-bond donors (Lipinski definition) is 18. The molecule has 22 nitrogen and oxygen atoms in total. The first-order valence-corrected chi connectivity index (χ1v) is 29.9. The molecule has 27 atom stereocenters. The van der Waals surface area contributed by atoms with Gasteiger partial charge in [0.15, 0.2) is 6.29 Å². The average Bonchev–Trinajstić information content (AvgIpc) is 3.63. The topological polar surface area (TPSA) is 415 Å². The van der Waals surface area contributed by atoms with Crippen molar-refractivity contribution >= 4 is 5.97 Å². The van der Waals surface area contributed by atoms with E-state index < -0.39 is 183 Å². The summed E-state index contributed by atoms with van der Waals surface area (Å²) in [7, 11) is 0. The molecule has 0 aromatic carbocycles. The van der Waals surface area contributed by atoms with E-state index in [1.807, 2.05) is 13.0 Å². The third kappa shape index (κ3) is 25.9. The van der Waals surface area contributed by atoms with Crippen LogP contribution in [0.5, 0.6) is 0 Å². The van der Waals surface area contributed by atoms with Crippen LogP contribution in [0.4, 0.5) is 0 Å². The van der Waals surface area contributed by atoms with Gasteiger partial charge in [0, 0.05) is 60.3 Å². The predicted molar refractivity (Wildman–Crippen MR) is 310 cm³/mol. The number of carbonyl (C=O) groups is 1. The summed E-state index contributed by atoms with van der Waals surface area (Å²) in [6.45, 7) is 14.5. The zero-order chi connectivity index (χ0) is 63.0. The second-order valence-corrected chi connectivity index (χ2v) is 24.2. The number of esters is 1. The van der Waals surface area contributed by atoms with Gasteiger partial charge in [-0.25, -0.2) is 4.79 Å². The van der Waals surface area contributed by atoms with Gasteiger partial charge in [0.1, 0.15) is 36.6 Å². The van der Waals surface area contributed by atoms with E-state index in [0.29, 0.717) is 50.6 Å². The van der Waals surface area contributed by atoms with Crippen LogP contribution in [0.15, 0.2) is 59.8 Å². The molecule has 2 aliphatic heterocycles. The summed E-state index contributed by atoms with van der Waals surface area (Å²) in [5.41, 5.74) is 6.22. The summed E-state index contributed by atoms with van der Waals surface area (Å²) in [5.74, 6) is -4.84. The van der Waals surface area contributed by atoms with Crippen molar-refractivity contribution in [3.63, 3.8) is 0 Å². The van der Waals surface area contributed by atoms with Crippen molar-refractivity contribution in [3.8, 4) is 0 Å². The Balaban J connectivity index is 2.45. The van der Waals surface area contributed by atoms with E-state index in [9.17, 15) is 91.6 Å². The number of allylic oxidation sites excluding steroid dienone is 2. The second kappa shape index (κ2) is 38.6. The number of ether oxygens (including phenoxy) is 3. The number of carbonyl (C=O) groups excluding carboxylic acids is 1. The Morgan fingerprint density at radius 1 is 0.639 bits per heavy atom. The minimum absolute atomic E-state index is 0.0959. The number of cyclic esters (lactones) is 1. The van der Waals surface area contributed by atoms with E-state index in [4.69, 9.17) is 19.9 Å². The van der Waals surface area contributed by atoms with Crippen molar-refractivity contribution in [2.45, 2.75) is 262 Å². The van der Waals surface area contributed by atoms with E-state index in [1.165, 1.54) is 39.0 Å². The first-order chi connectivity index (χ1) is 38.9. The Bertz CT molecular complexity index is 1960. The highest BCUT2D eigenvalue weighted by Crippen LogP contribution is 2.30. The largest absolute Gasteiger partial charge is 0.458 e. The van der Waals surface area contributed by atoms with Crippen molar-refractivity contribution in [1.29, 1.82) is 0 Å². The molecular weight excluding hydrogens is 1080 g/mol. The van der Waals surface area contributed by atoms with Gasteiger partial charge in [-0.3, -0.25) is 0 Å². The number of aliphatic hydroxyl groups is 17. The Hall–Kier alpha value is -2.63. The Morgan fingerprint density at radius 2 is 1.22 bits per heavy atom. The van der Waals surface area contributed by atoms with E-state index in [0.717, 1.165) is 0 Å². The molecule has 0 aromatic rings. The van der Waals surface area contributed by atoms with Crippen LogP contribution >= 0.6 is 0 Å². The SMILES string of the molecule is CC1=CCCC(C)C(O)C(C)C(O)CCC=CC(C)C(O)C=CC(C)C(O)C(C)=CC(OC2OC(CO)C(O)C(O)C2O)C(O)CC(O)CC(O)CC(O)C(C)C(O)C(C)C(O)CC(O)CC(O)C=CCC(C(C)C(O)CCCN)OC1=O. The van der Waals surface area contributed by atoms with Crippen LogP contribution in [0.1, 0.15) is 139 Å². The Morgan fingerprint density at radius 3 is 1.81 bits per heavy atom. The molecule has 0 spiro atoms. The maximum atomic E-state index is 13.4. The van der Waals surface area contributed by atoms with E-state index in [1.54, 1.807) is 58.9 Å². The van der Waals surface area contributed by atoms with Gasteiger partial charge in [0.2, 0.25) is 0 Å².